The predicted octanol–water partition coefficient (Wildman–Crippen LogP) is 2.10. The van der Waals surface area contributed by atoms with Crippen LogP contribution in [0, 0.1) is 0 Å². The minimum absolute atomic E-state index is 0.0928. The van der Waals surface area contributed by atoms with Gasteiger partial charge in [-0.2, -0.15) is 9.40 Å². The molecule has 5 nitrogen and oxygen atoms in total. The van der Waals surface area contributed by atoms with Gasteiger partial charge in [0.15, 0.2) is 5.03 Å². The van der Waals surface area contributed by atoms with Gasteiger partial charge in [-0.15, -0.1) is 11.6 Å². The maximum Gasteiger partial charge on any atom is 0.260 e. The van der Waals surface area contributed by atoms with Crippen molar-refractivity contribution in [2.75, 3.05) is 6.54 Å². The van der Waals surface area contributed by atoms with E-state index in [0.29, 0.717) is 12.1 Å². The predicted molar refractivity (Wildman–Crippen MR) is 70.0 cm³/mol. The Hall–Kier alpha value is -0.590. The van der Waals surface area contributed by atoms with E-state index < -0.39 is 10.0 Å². The molecule has 1 aliphatic rings. The van der Waals surface area contributed by atoms with Gasteiger partial charge in [-0.05, 0) is 19.3 Å². The first kappa shape index (κ1) is 13.8. The second-order valence-corrected chi connectivity index (χ2v) is 6.63. The number of piperidine rings is 1. The topological polar surface area (TPSA) is 66.1 Å². The molecule has 1 atom stereocenters. The summed E-state index contributed by atoms with van der Waals surface area (Å²) in [7, 11) is -3.49. The molecule has 7 heteroatoms. The first-order valence-electron chi connectivity index (χ1n) is 6.21. The van der Waals surface area contributed by atoms with Crippen molar-refractivity contribution in [3.63, 3.8) is 0 Å². The fourth-order valence-corrected chi connectivity index (χ4v) is 4.59. The van der Waals surface area contributed by atoms with Crippen molar-refractivity contribution in [3.8, 4) is 0 Å². The third-order valence-corrected chi connectivity index (χ3v) is 5.69. The van der Waals surface area contributed by atoms with Crippen molar-refractivity contribution in [1.82, 2.24) is 14.5 Å². The average Bonchev–Trinajstić information content (AvgIpc) is 2.87. The maximum atomic E-state index is 12.6. The molecule has 1 aliphatic heterocycles. The Balaban J connectivity index is 2.35. The van der Waals surface area contributed by atoms with Crippen LogP contribution < -0.4 is 0 Å². The molecule has 1 aromatic rings. The third-order valence-electron chi connectivity index (χ3n) is 3.43. The molecule has 0 aliphatic carbocycles. The summed E-state index contributed by atoms with van der Waals surface area (Å²) in [4.78, 5) is 0. The van der Waals surface area contributed by atoms with Gasteiger partial charge in [-0.25, -0.2) is 8.42 Å². The standard InChI is InChI=1S/C11H18ClN3O2S/c1-2-10-5-3-4-6-15(10)18(16,17)11-9(7-12)8-13-14-11/h8,10H,2-7H2,1H3,(H,13,14). The molecule has 102 valence electrons. The number of aromatic amines is 1. The van der Waals surface area contributed by atoms with Gasteiger partial charge in [-0.1, -0.05) is 13.3 Å². The van der Waals surface area contributed by atoms with Crippen LogP contribution in [0.5, 0.6) is 0 Å². The lowest BCUT2D eigenvalue weighted by atomic mass is 10.0. The molecule has 0 radical (unpaired) electrons. The number of nitrogens with zero attached hydrogens (tertiary/aromatic N) is 2. The number of sulfonamides is 1. The van der Waals surface area contributed by atoms with Crippen LogP contribution in [0.1, 0.15) is 38.2 Å². The summed E-state index contributed by atoms with van der Waals surface area (Å²) in [6.07, 6.45) is 5.25. The van der Waals surface area contributed by atoms with Crippen molar-refractivity contribution in [1.29, 1.82) is 0 Å². The van der Waals surface area contributed by atoms with E-state index in [1.807, 2.05) is 6.92 Å². The maximum absolute atomic E-state index is 12.6. The van der Waals surface area contributed by atoms with Crippen molar-refractivity contribution in [3.05, 3.63) is 11.8 Å². The summed E-state index contributed by atoms with van der Waals surface area (Å²) in [5, 5.41) is 6.52. The van der Waals surface area contributed by atoms with Gasteiger partial charge in [-0.3, -0.25) is 5.10 Å². The molecule has 2 rings (SSSR count). The van der Waals surface area contributed by atoms with Crippen LogP contribution in [-0.4, -0.2) is 35.5 Å². The van der Waals surface area contributed by atoms with Gasteiger partial charge >= 0.3 is 0 Å². The van der Waals surface area contributed by atoms with Gasteiger partial charge < -0.3 is 0 Å². The first-order valence-corrected chi connectivity index (χ1v) is 8.18. The highest BCUT2D eigenvalue weighted by Crippen LogP contribution is 2.27. The molecule has 0 spiro atoms. The van der Waals surface area contributed by atoms with E-state index in [2.05, 4.69) is 10.2 Å². The minimum Gasteiger partial charge on any atom is -0.266 e. The highest BCUT2D eigenvalue weighted by molar-refractivity contribution is 7.89. The van der Waals surface area contributed by atoms with E-state index in [1.54, 1.807) is 4.31 Å². The van der Waals surface area contributed by atoms with Crippen molar-refractivity contribution >= 4 is 21.6 Å². The van der Waals surface area contributed by atoms with Crippen molar-refractivity contribution in [2.45, 2.75) is 49.6 Å². The molecule has 0 aromatic carbocycles. The molecule has 0 bridgehead atoms. The minimum atomic E-state index is -3.49. The number of nitrogens with one attached hydrogen (secondary N) is 1. The molecule has 2 heterocycles. The van der Waals surface area contributed by atoms with Crippen LogP contribution in [0.4, 0.5) is 0 Å². The number of rotatable bonds is 4. The Morgan fingerprint density at radius 3 is 3.00 bits per heavy atom. The van der Waals surface area contributed by atoms with Crippen LogP contribution in [0.25, 0.3) is 0 Å². The zero-order chi connectivity index (χ0) is 13.2. The molecule has 1 N–H and O–H groups in total. The number of aromatic nitrogens is 2. The summed E-state index contributed by atoms with van der Waals surface area (Å²) in [5.41, 5.74) is 0.539. The fraction of sp³-hybridized carbons (Fsp3) is 0.727. The lowest BCUT2D eigenvalue weighted by Gasteiger charge is -2.33. The monoisotopic (exact) mass is 291 g/mol. The van der Waals surface area contributed by atoms with Crippen LogP contribution in [0.2, 0.25) is 0 Å². The van der Waals surface area contributed by atoms with E-state index in [1.165, 1.54) is 6.20 Å². The van der Waals surface area contributed by atoms with Crippen LogP contribution in [-0.2, 0) is 15.9 Å². The molecule has 1 aromatic heterocycles. The van der Waals surface area contributed by atoms with E-state index >= 15 is 0 Å². The Labute approximate surface area is 113 Å². The normalized spacial score (nSPS) is 22.2. The third kappa shape index (κ3) is 2.41. The smallest absolute Gasteiger partial charge is 0.260 e. The summed E-state index contributed by atoms with van der Waals surface area (Å²) in [5.74, 6) is 0.149. The Kier molecular flexibility index (Phi) is 4.29. The lowest BCUT2D eigenvalue weighted by molar-refractivity contribution is 0.246. The SMILES string of the molecule is CCC1CCCCN1S(=O)(=O)c1[nH]ncc1CCl. The van der Waals surface area contributed by atoms with Crippen molar-refractivity contribution in [2.24, 2.45) is 0 Å². The lowest BCUT2D eigenvalue weighted by Crippen LogP contribution is -2.43. The van der Waals surface area contributed by atoms with Gasteiger partial charge in [0, 0.05) is 18.2 Å². The summed E-state index contributed by atoms with van der Waals surface area (Å²) >= 11 is 5.75. The van der Waals surface area contributed by atoms with E-state index in [0.717, 1.165) is 25.7 Å². The fourth-order valence-electron chi connectivity index (χ4n) is 2.43. The van der Waals surface area contributed by atoms with E-state index in [4.69, 9.17) is 11.6 Å². The quantitative estimate of drug-likeness (QED) is 0.864. The number of halogens is 1. The van der Waals surface area contributed by atoms with Gasteiger partial charge in [0.1, 0.15) is 0 Å². The molecule has 0 saturated carbocycles. The van der Waals surface area contributed by atoms with E-state index in [9.17, 15) is 8.42 Å². The highest BCUT2D eigenvalue weighted by atomic mass is 35.5. The van der Waals surface area contributed by atoms with Crippen LogP contribution in [0.15, 0.2) is 11.2 Å². The molecule has 1 fully saturated rings. The zero-order valence-corrected chi connectivity index (χ0v) is 12.0. The molecule has 1 unspecified atom stereocenters. The number of hydrogen-bond acceptors (Lipinski definition) is 3. The van der Waals surface area contributed by atoms with Crippen LogP contribution in [0.3, 0.4) is 0 Å². The van der Waals surface area contributed by atoms with Gasteiger partial charge in [0.2, 0.25) is 0 Å². The van der Waals surface area contributed by atoms with E-state index in [-0.39, 0.29) is 16.9 Å². The number of hydrogen-bond donors (Lipinski definition) is 1. The summed E-state index contributed by atoms with van der Waals surface area (Å²) in [6.45, 7) is 2.61. The average molecular weight is 292 g/mol. The van der Waals surface area contributed by atoms with Crippen LogP contribution >= 0.6 is 11.6 Å². The number of alkyl halides is 1. The summed E-state index contributed by atoms with van der Waals surface area (Å²) < 4.78 is 26.8. The molecular formula is C11H18ClN3O2S. The first-order chi connectivity index (χ1) is 8.61. The Morgan fingerprint density at radius 1 is 1.56 bits per heavy atom. The van der Waals surface area contributed by atoms with Crippen molar-refractivity contribution < 1.29 is 8.42 Å². The molecule has 18 heavy (non-hydrogen) atoms. The number of H-pyrrole nitrogens is 1. The molecule has 0 amide bonds. The second-order valence-electron chi connectivity index (χ2n) is 4.53. The summed E-state index contributed by atoms with van der Waals surface area (Å²) in [6, 6.07) is 0.0928. The second kappa shape index (κ2) is 5.59. The van der Waals surface area contributed by atoms with Gasteiger partial charge in [0.05, 0.1) is 12.1 Å². The molecular weight excluding hydrogens is 274 g/mol. The molecule has 1 saturated heterocycles. The highest BCUT2D eigenvalue weighted by Gasteiger charge is 2.34. The zero-order valence-electron chi connectivity index (χ0n) is 10.4. The Bertz CT molecular complexity index is 500. The largest absolute Gasteiger partial charge is 0.266 e. The van der Waals surface area contributed by atoms with Gasteiger partial charge in [0.25, 0.3) is 10.0 Å². The Morgan fingerprint density at radius 2 is 2.33 bits per heavy atom.